The van der Waals surface area contributed by atoms with Crippen molar-refractivity contribution in [1.29, 1.82) is 0 Å². The van der Waals surface area contributed by atoms with Crippen molar-refractivity contribution in [3.05, 3.63) is 71.3 Å². The number of nitrogens with one attached hydrogen (secondary N) is 2. The minimum atomic E-state index is 0.467. The van der Waals surface area contributed by atoms with Gasteiger partial charge in [0.2, 0.25) is 5.95 Å². The number of nitrogens with zero attached hydrogens (tertiary/aromatic N) is 2. The zero-order valence-corrected chi connectivity index (χ0v) is 16.9. The molecule has 0 unspecified atom stereocenters. The number of para-hydroxylation sites is 1. The maximum absolute atomic E-state index is 6.09. The molecular weight excluding hydrogens is 372 g/mol. The van der Waals surface area contributed by atoms with E-state index in [4.69, 9.17) is 16.3 Å². The van der Waals surface area contributed by atoms with Crippen LogP contribution >= 0.6 is 11.6 Å². The van der Waals surface area contributed by atoms with Gasteiger partial charge in [0.05, 0.1) is 7.11 Å². The highest BCUT2D eigenvalue weighted by Gasteiger charge is 2.12. The average Bonchev–Trinajstić information content (AvgIpc) is 2.70. The highest BCUT2D eigenvalue weighted by Crippen LogP contribution is 2.30. The van der Waals surface area contributed by atoms with Crippen molar-refractivity contribution in [2.45, 2.75) is 13.8 Å². The summed E-state index contributed by atoms with van der Waals surface area (Å²) in [4.78, 5) is 9.34. The molecular formula is C22H23ClN4O. The zero-order valence-electron chi connectivity index (χ0n) is 16.2. The molecule has 6 heteroatoms. The molecule has 0 aliphatic rings. The summed E-state index contributed by atoms with van der Waals surface area (Å²) < 4.78 is 5.50. The van der Waals surface area contributed by atoms with Crippen molar-refractivity contribution >= 4 is 40.0 Å². The Morgan fingerprint density at radius 1 is 1.14 bits per heavy atom. The summed E-state index contributed by atoms with van der Waals surface area (Å²) >= 11 is 6.09. The molecule has 0 atom stereocenters. The van der Waals surface area contributed by atoms with Crippen LogP contribution in [0.3, 0.4) is 0 Å². The fourth-order valence-corrected chi connectivity index (χ4v) is 3.02. The molecule has 0 spiro atoms. The normalized spacial score (nSPS) is 11.8. The van der Waals surface area contributed by atoms with E-state index in [9.17, 15) is 0 Å². The SMILES string of the molecule is CC=CC(=CC)CNc1nc(Nc2cccc(Cl)c2)nc2c(OC)cccc12. The first-order valence-corrected chi connectivity index (χ1v) is 9.41. The van der Waals surface area contributed by atoms with Crippen LogP contribution in [0.2, 0.25) is 5.02 Å². The number of aromatic nitrogens is 2. The summed E-state index contributed by atoms with van der Waals surface area (Å²) in [7, 11) is 1.64. The van der Waals surface area contributed by atoms with Gasteiger partial charge in [-0.1, -0.05) is 42.0 Å². The number of allylic oxidation sites excluding steroid dienone is 2. The Labute approximate surface area is 170 Å². The van der Waals surface area contributed by atoms with Crippen molar-refractivity contribution in [2.24, 2.45) is 0 Å². The highest BCUT2D eigenvalue weighted by atomic mass is 35.5. The third-order valence-corrected chi connectivity index (χ3v) is 4.44. The van der Waals surface area contributed by atoms with Gasteiger partial charge in [-0.05, 0) is 49.8 Å². The average molecular weight is 395 g/mol. The van der Waals surface area contributed by atoms with E-state index in [1.165, 1.54) is 5.57 Å². The van der Waals surface area contributed by atoms with Crippen LogP contribution in [-0.2, 0) is 0 Å². The van der Waals surface area contributed by atoms with Crippen molar-refractivity contribution in [1.82, 2.24) is 9.97 Å². The van der Waals surface area contributed by atoms with Crippen LogP contribution in [0.15, 0.2) is 66.3 Å². The van der Waals surface area contributed by atoms with Crippen molar-refractivity contribution in [3.63, 3.8) is 0 Å². The molecule has 3 rings (SSSR count). The number of anilines is 3. The number of hydrogen-bond acceptors (Lipinski definition) is 5. The second-order valence-corrected chi connectivity index (χ2v) is 6.54. The molecule has 5 nitrogen and oxygen atoms in total. The van der Waals surface area contributed by atoms with Gasteiger partial charge in [0, 0.05) is 22.6 Å². The lowest BCUT2D eigenvalue weighted by Gasteiger charge is -2.14. The van der Waals surface area contributed by atoms with E-state index in [-0.39, 0.29) is 0 Å². The quantitative estimate of drug-likeness (QED) is 0.483. The third kappa shape index (κ3) is 4.61. The van der Waals surface area contributed by atoms with Gasteiger partial charge in [-0.3, -0.25) is 0 Å². The standard InChI is InChI=1S/C22H23ClN4O/c1-4-8-15(5-2)14-24-21-18-11-7-12-19(28-3)20(18)26-22(27-21)25-17-10-6-9-16(23)13-17/h4-13H,14H2,1-3H3,(H2,24,25,26,27). The molecule has 0 radical (unpaired) electrons. The second-order valence-electron chi connectivity index (χ2n) is 6.10. The minimum Gasteiger partial charge on any atom is -0.494 e. The number of methoxy groups -OCH3 is 1. The van der Waals surface area contributed by atoms with E-state index in [0.717, 1.165) is 22.4 Å². The van der Waals surface area contributed by atoms with E-state index in [1.54, 1.807) is 7.11 Å². The van der Waals surface area contributed by atoms with Gasteiger partial charge in [-0.25, -0.2) is 4.98 Å². The summed E-state index contributed by atoms with van der Waals surface area (Å²) in [6.07, 6.45) is 6.16. The molecule has 0 saturated carbocycles. The first-order valence-electron chi connectivity index (χ1n) is 9.03. The topological polar surface area (TPSA) is 59.1 Å². The monoisotopic (exact) mass is 394 g/mol. The van der Waals surface area contributed by atoms with Crippen LogP contribution in [0.4, 0.5) is 17.5 Å². The van der Waals surface area contributed by atoms with Gasteiger partial charge >= 0.3 is 0 Å². The Kier molecular flexibility index (Phi) is 6.50. The zero-order chi connectivity index (χ0) is 19.9. The van der Waals surface area contributed by atoms with E-state index in [2.05, 4.69) is 32.8 Å². The Hall–Kier alpha value is -3.05. The van der Waals surface area contributed by atoms with Crippen molar-refractivity contribution < 1.29 is 4.74 Å². The number of ether oxygens (including phenoxy) is 1. The molecule has 3 aromatic rings. The fraction of sp³-hybridized carbons (Fsp3) is 0.182. The lowest BCUT2D eigenvalue weighted by atomic mass is 10.2. The fourth-order valence-electron chi connectivity index (χ4n) is 2.83. The largest absolute Gasteiger partial charge is 0.494 e. The Morgan fingerprint density at radius 2 is 1.96 bits per heavy atom. The van der Waals surface area contributed by atoms with Gasteiger partial charge in [-0.2, -0.15) is 4.98 Å². The molecule has 2 aromatic carbocycles. The summed E-state index contributed by atoms with van der Waals surface area (Å²) in [5.74, 6) is 1.89. The predicted molar refractivity (Wildman–Crippen MR) is 118 cm³/mol. The van der Waals surface area contributed by atoms with Gasteiger partial charge in [0.1, 0.15) is 17.1 Å². The smallest absolute Gasteiger partial charge is 0.229 e. The number of fused-ring (bicyclic) bond motifs is 1. The molecule has 2 N–H and O–H groups in total. The van der Waals surface area contributed by atoms with Gasteiger partial charge in [0.25, 0.3) is 0 Å². The van der Waals surface area contributed by atoms with Gasteiger partial charge in [0.15, 0.2) is 0 Å². The molecule has 0 bridgehead atoms. The van der Waals surface area contributed by atoms with Crippen molar-refractivity contribution in [2.75, 3.05) is 24.3 Å². The number of rotatable bonds is 7. The summed E-state index contributed by atoms with van der Waals surface area (Å²) in [6, 6.07) is 13.2. The highest BCUT2D eigenvalue weighted by molar-refractivity contribution is 6.30. The second kappa shape index (κ2) is 9.24. The maximum atomic E-state index is 6.09. The van der Waals surface area contributed by atoms with E-state index < -0.39 is 0 Å². The molecule has 1 heterocycles. The summed E-state index contributed by atoms with van der Waals surface area (Å²) in [5, 5.41) is 8.18. The molecule has 0 aliphatic carbocycles. The first-order chi connectivity index (χ1) is 13.6. The Morgan fingerprint density at radius 3 is 2.68 bits per heavy atom. The third-order valence-electron chi connectivity index (χ3n) is 4.20. The number of benzene rings is 2. The maximum Gasteiger partial charge on any atom is 0.229 e. The molecule has 144 valence electrons. The Bertz CT molecular complexity index is 1030. The molecule has 1 aromatic heterocycles. The van der Waals surface area contributed by atoms with Crippen LogP contribution in [0.1, 0.15) is 13.8 Å². The minimum absolute atomic E-state index is 0.467. The van der Waals surface area contributed by atoms with E-state index >= 15 is 0 Å². The molecule has 0 aliphatic heterocycles. The summed E-state index contributed by atoms with van der Waals surface area (Å²) in [6.45, 7) is 4.67. The molecule has 0 fully saturated rings. The van der Waals surface area contributed by atoms with Gasteiger partial charge < -0.3 is 15.4 Å². The molecule has 0 amide bonds. The lowest BCUT2D eigenvalue weighted by Crippen LogP contribution is -2.08. The number of hydrogen-bond donors (Lipinski definition) is 2. The first kappa shape index (κ1) is 19.7. The van der Waals surface area contributed by atoms with Crippen molar-refractivity contribution in [3.8, 4) is 5.75 Å². The Balaban J connectivity index is 2.02. The lowest BCUT2D eigenvalue weighted by molar-refractivity contribution is 0.419. The van der Waals surface area contributed by atoms with Crippen LogP contribution in [0.5, 0.6) is 5.75 Å². The predicted octanol–water partition coefficient (Wildman–Crippen LogP) is 5.97. The van der Waals surface area contributed by atoms with Crippen LogP contribution in [-0.4, -0.2) is 23.6 Å². The van der Waals surface area contributed by atoms with Crippen LogP contribution < -0.4 is 15.4 Å². The van der Waals surface area contributed by atoms with Gasteiger partial charge in [-0.15, -0.1) is 0 Å². The van der Waals surface area contributed by atoms with E-state index in [0.29, 0.717) is 23.3 Å². The molecule has 28 heavy (non-hydrogen) atoms. The summed E-state index contributed by atoms with van der Waals surface area (Å²) in [5.41, 5.74) is 2.72. The molecule has 0 saturated heterocycles. The van der Waals surface area contributed by atoms with E-state index in [1.807, 2.05) is 62.4 Å². The van der Waals surface area contributed by atoms with Crippen LogP contribution in [0.25, 0.3) is 10.9 Å². The number of halogens is 1. The van der Waals surface area contributed by atoms with Crippen LogP contribution in [0, 0.1) is 0 Å².